The molecule has 0 aliphatic carbocycles. The topological polar surface area (TPSA) is 95.5 Å². The van der Waals surface area contributed by atoms with E-state index in [1.807, 2.05) is 141 Å². The van der Waals surface area contributed by atoms with E-state index < -0.39 is 8.07 Å². The van der Waals surface area contributed by atoms with Crippen LogP contribution in [-0.2, 0) is 14.1 Å². The van der Waals surface area contributed by atoms with E-state index in [0.29, 0.717) is 0 Å². The molecule has 22 rings (SSSR count). The van der Waals surface area contributed by atoms with Crippen molar-refractivity contribution in [2.75, 3.05) is 11.9 Å². The lowest BCUT2D eigenvalue weighted by Crippen LogP contribution is -2.64. The van der Waals surface area contributed by atoms with Crippen LogP contribution in [-0.4, -0.2) is 63.3 Å². The number of para-hydroxylation sites is 13. The molecule has 0 aliphatic heterocycles. The van der Waals surface area contributed by atoms with Crippen LogP contribution in [0.25, 0.3) is 116 Å². The standard InChI is InChI=1S/C21H15N5.C19H18Si.C19H14.2C14H12N2.C13H13N.C8H8O/c1-24-20-22-14-8-2-4-10-16(14)25(20)18-12-6-7-13-19(18)26-17-11-5-3-9-15(17)23-21(24)26;1-20(17-11-5-2-6-12-17,18-13-7-3-8-14-18)19-15-9-4-10-16-19;1-13-10-11-18-16-8-3-2-6-14(16)15-7-4-5-9-17(15)19(18)12-13;1-16-13-10-6-5-9-12(13)15-14(16)11-7-3-2-4-8-11;1-11-15-13-9-5-6-10-14(13)16(11)12-7-3-2-4-8-12;1-14(12-8-4-2-5-9-12)13-10-6-3-7-11-13;1-7(9)8-5-3-2-4-6-8/h2-13H,1H3;2-16H,1H3;2-12H,1H3;2*2-10H,1H3;2-11H,1H3;2-6H,1H3. The SMILES string of the molecule is CC(=O)c1ccccc1.CN(c1ccccc1)c1ccccc1.C[Si](c1ccccc1)(c1ccccc1)c1ccccc1.Cc1ccc2c3ccccc3c3ccccc3c2c1.Cc1nc2ccccc2n1-c1ccccc1.Cn1c(-c2ccccc2)nc2ccccc21.Cn1c2nc3ccccc3n2c2ccccc2n2c3ccccc3nc12. The van der Waals surface area contributed by atoms with Gasteiger partial charge in [0.15, 0.2) is 5.78 Å². The molecule has 0 unspecified atom stereocenters. The van der Waals surface area contributed by atoms with Gasteiger partial charge in [0.2, 0.25) is 11.6 Å². The zero-order chi connectivity index (χ0) is 82.3. The summed E-state index contributed by atoms with van der Waals surface area (Å²) in [6.45, 7) is 8.19. The van der Waals surface area contributed by atoms with E-state index in [4.69, 9.17) is 9.97 Å². The Balaban J connectivity index is 0.000000106. The molecule has 0 radical (unpaired) electrons. The molecule has 0 amide bonds. The molecule has 0 spiro atoms. The van der Waals surface area contributed by atoms with Gasteiger partial charge in [-0.1, -0.05) is 346 Å². The van der Waals surface area contributed by atoms with Gasteiger partial charge in [0.25, 0.3) is 0 Å². The first-order chi connectivity index (χ1) is 58.9. The van der Waals surface area contributed by atoms with Gasteiger partial charge in [-0.2, -0.15) is 0 Å². The number of ketones is 1. The lowest BCUT2D eigenvalue weighted by atomic mass is 9.93. The molecule has 584 valence electrons. The summed E-state index contributed by atoms with van der Waals surface area (Å²) >= 11 is 0. The average Bonchev–Trinajstić information content (AvgIpc) is 1.35. The molecule has 0 saturated heterocycles. The Kier molecular flexibility index (Phi) is 23.9. The summed E-state index contributed by atoms with van der Waals surface area (Å²) in [5.74, 6) is 3.89. The molecule has 5 aromatic heterocycles. The van der Waals surface area contributed by atoms with Crippen molar-refractivity contribution in [2.24, 2.45) is 14.1 Å². The van der Waals surface area contributed by atoms with Gasteiger partial charge in [-0.25, -0.2) is 19.9 Å². The lowest BCUT2D eigenvalue weighted by Gasteiger charge is -2.29. The molecule has 17 aromatic carbocycles. The molecule has 0 atom stereocenters. The summed E-state index contributed by atoms with van der Waals surface area (Å²) < 4.78 is 10.8. The number of hydrogen-bond donors (Lipinski definition) is 0. The van der Waals surface area contributed by atoms with Gasteiger partial charge in [-0.15, -0.1) is 0 Å². The maximum absolute atomic E-state index is 10.6. The van der Waals surface area contributed by atoms with Crippen molar-refractivity contribution in [1.29, 1.82) is 0 Å². The third-order valence-corrected chi connectivity index (χ3v) is 26.5. The first-order valence-electron chi connectivity index (χ1n) is 40.5. The smallest absolute Gasteiger partial charge is 0.218 e. The van der Waals surface area contributed by atoms with Gasteiger partial charge >= 0.3 is 0 Å². The zero-order valence-electron chi connectivity index (χ0n) is 68.4. The van der Waals surface area contributed by atoms with E-state index in [2.05, 4.69) is 368 Å². The Morgan fingerprint density at radius 2 is 0.633 bits per heavy atom. The predicted octanol–water partition coefficient (Wildman–Crippen LogP) is 24.5. The fourth-order valence-corrected chi connectivity index (χ4v) is 19.5. The fraction of sp³-hybridized carbons (Fsp3) is 0.0648. The van der Waals surface area contributed by atoms with E-state index >= 15 is 0 Å². The van der Waals surface area contributed by atoms with Crippen molar-refractivity contribution in [3.63, 3.8) is 0 Å². The molecule has 0 aliphatic rings. The number of imidazole rings is 4. The molecule has 22 aromatic rings. The Labute approximate surface area is 700 Å². The third-order valence-electron chi connectivity index (χ3n) is 22.0. The van der Waals surface area contributed by atoms with Gasteiger partial charge in [0.1, 0.15) is 19.7 Å². The van der Waals surface area contributed by atoms with E-state index in [0.717, 1.165) is 89.7 Å². The van der Waals surface area contributed by atoms with E-state index in [9.17, 15) is 4.79 Å². The number of carbonyl (C=O) groups excluding carboxylic acids is 1. The van der Waals surface area contributed by atoms with Crippen LogP contribution in [0.2, 0.25) is 6.55 Å². The van der Waals surface area contributed by atoms with Crippen molar-refractivity contribution < 1.29 is 4.79 Å². The number of aryl methyl sites for hydroxylation is 4. The maximum Gasteiger partial charge on any atom is 0.218 e. The van der Waals surface area contributed by atoms with Crippen LogP contribution < -0.4 is 20.5 Å². The maximum atomic E-state index is 10.6. The summed E-state index contributed by atoms with van der Waals surface area (Å²) in [7, 11) is 4.28. The van der Waals surface area contributed by atoms with Crippen LogP contribution in [0, 0.1) is 13.8 Å². The van der Waals surface area contributed by atoms with Gasteiger partial charge in [0.05, 0.1) is 55.2 Å². The monoisotopic (exact) mass is 1570 g/mol. The molecule has 0 saturated carbocycles. The van der Waals surface area contributed by atoms with Crippen molar-refractivity contribution in [1.82, 2.24) is 42.4 Å². The van der Waals surface area contributed by atoms with Crippen LogP contribution in [0.5, 0.6) is 0 Å². The molecule has 0 fully saturated rings. The van der Waals surface area contributed by atoms with E-state index in [1.165, 1.54) is 70.3 Å². The second-order valence-electron chi connectivity index (χ2n) is 29.7. The number of nitrogens with zero attached hydrogens (tertiary/aromatic N) is 10. The summed E-state index contributed by atoms with van der Waals surface area (Å²) in [5.41, 5.74) is 17.6. The fourth-order valence-electron chi connectivity index (χ4n) is 15.9. The number of aromatic nitrogens is 9. The number of rotatable bonds is 8. The molecule has 11 nitrogen and oxygen atoms in total. The van der Waals surface area contributed by atoms with Crippen LogP contribution in [0.15, 0.2) is 431 Å². The van der Waals surface area contributed by atoms with Gasteiger partial charge in [0, 0.05) is 49.3 Å². The van der Waals surface area contributed by atoms with Crippen LogP contribution in [0.3, 0.4) is 0 Å². The Hall–Kier alpha value is -15.1. The number of anilines is 2. The third kappa shape index (κ3) is 16.7. The van der Waals surface area contributed by atoms with Gasteiger partial charge < -0.3 is 9.47 Å². The Morgan fingerprint density at radius 1 is 0.308 bits per heavy atom. The molecule has 120 heavy (non-hydrogen) atoms. The first-order valence-corrected chi connectivity index (χ1v) is 43.0. The van der Waals surface area contributed by atoms with E-state index in [1.54, 1.807) is 6.92 Å². The highest BCUT2D eigenvalue weighted by Crippen LogP contribution is 2.36. The zero-order valence-corrected chi connectivity index (χ0v) is 69.4. The first kappa shape index (κ1) is 78.8. The lowest BCUT2D eigenvalue weighted by molar-refractivity contribution is 0.101. The van der Waals surface area contributed by atoms with Gasteiger partial charge in [-0.05, 0) is 166 Å². The number of carbonyl (C=O) groups is 1. The Bertz CT molecular complexity index is 6970. The minimum Gasteiger partial charge on any atom is -0.345 e. The minimum atomic E-state index is -1.88. The van der Waals surface area contributed by atoms with Crippen LogP contribution >= 0.6 is 0 Å². The minimum absolute atomic E-state index is 0.121. The number of fused-ring (bicyclic) bond motifs is 17. The second kappa shape index (κ2) is 36.4. The normalized spacial score (nSPS) is 11.0. The molecule has 12 heteroatoms. The summed E-state index contributed by atoms with van der Waals surface area (Å²) in [6, 6.07) is 149. The average molecular weight is 1570 g/mol. The van der Waals surface area contributed by atoms with Crippen molar-refractivity contribution in [3.05, 3.63) is 448 Å². The molecular formula is C108H92N10OSi. The molecule has 0 N–H and O–H groups in total. The highest BCUT2D eigenvalue weighted by atomic mass is 28.3. The largest absolute Gasteiger partial charge is 0.345 e. The number of Topliss-reactive ketones (excluding diaryl/α,β-unsaturated/α-hetero) is 1. The molecule has 0 bridgehead atoms. The number of hydrogen-bond acceptors (Lipinski definition) is 6. The van der Waals surface area contributed by atoms with Crippen LogP contribution in [0.1, 0.15) is 28.7 Å². The van der Waals surface area contributed by atoms with Crippen molar-refractivity contribution >= 4 is 140 Å². The van der Waals surface area contributed by atoms with E-state index in [-0.39, 0.29) is 5.78 Å². The van der Waals surface area contributed by atoms with Gasteiger partial charge in [-0.3, -0.25) is 22.7 Å². The summed E-state index contributed by atoms with van der Waals surface area (Å²) in [5, 5.41) is 12.4. The quantitative estimate of drug-likeness (QED) is 0.0651. The number of benzene rings is 17. The van der Waals surface area contributed by atoms with Crippen molar-refractivity contribution in [2.45, 2.75) is 27.3 Å². The van der Waals surface area contributed by atoms with Crippen LogP contribution in [0.4, 0.5) is 11.4 Å². The summed E-state index contributed by atoms with van der Waals surface area (Å²) in [6.07, 6.45) is 0. The van der Waals surface area contributed by atoms with Crippen molar-refractivity contribution in [3.8, 4) is 17.1 Å². The summed E-state index contributed by atoms with van der Waals surface area (Å²) in [4.78, 5) is 31.8. The highest BCUT2D eigenvalue weighted by Gasteiger charge is 2.33. The Morgan fingerprint density at radius 3 is 1.05 bits per heavy atom. The predicted molar refractivity (Wildman–Crippen MR) is 507 cm³/mol. The second-order valence-corrected chi connectivity index (χ2v) is 33.7. The molecular weight excluding hydrogens is 1480 g/mol. The molecule has 5 heterocycles. The highest BCUT2D eigenvalue weighted by molar-refractivity contribution is 7.10.